The van der Waals surface area contributed by atoms with Crippen molar-refractivity contribution in [1.82, 2.24) is 19.8 Å². The predicted octanol–water partition coefficient (Wildman–Crippen LogP) is 2.41. The van der Waals surface area contributed by atoms with Gasteiger partial charge in [-0.1, -0.05) is 31.5 Å². The molecule has 1 aromatic carbocycles. The number of carbonyl (C=O) groups excluding carboxylic acids is 1. The highest BCUT2D eigenvalue weighted by molar-refractivity contribution is 6.31. The molecule has 1 amide bonds. The second kappa shape index (κ2) is 9.70. The van der Waals surface area contributed by atoms with E-state index in [0.717, 1.165) is 22.9 Å². The van der Waals surface area contributed by atoms with Crippen molar-refractivity contribution in [3.63, 3.8) is 0 Å². The Balaban J connectivity index is 1.91. The van der Waals surface area contributed by atoms with Crippen LogP contribution >= 0.6 is 11.6 Å². The summed E-state index contributed by atoms with van der Waals surface area (Å²) in [5.41, 5.74) is 1.58. The summed E-state index contributed by atoms with van der Waals surface area (Å²) in [6, 6.07) is 7.19. The van der Waals surface area contributed by atoms with E-state index in [1.807, 2.05) is 38.1 Å². The fraction of sp³-hybridized carbons (Fsp3) is 0.423. The van der Waals surface area contributed by atoms with Gasteiger partial charge in [-0.3, -0.25) is 9.59 Å². The Morgan fingerprint density at radius 3 is 2.63 bits per heavy atom. The fourth-order valence-corrected chi connectivity index (χ4v) is 5.03. The number of amides is 1. The maximum atomic E-state index is 13.5. The Labute approximate surface area is 209 Å². The van der Waals surface area contributed by atoms with Crippen LogP contribution in [0.3, 0.4) is 0 Å². The van der Waals surface area contributed by atoms with Crippen molar-refractivity contribution in [1.29, 1.82) is 0 Å². The van der Waals surface area contributed by atoms with Crippen molar-refractivity contribution in [3.8, 4) is 11.4 Å². The van der Waals surface area contributed by atoms with E-state index in [9.17, 15) is 19.8 Å². The second-order valence-electron chi connectivity index (χ2n) is 9.18. The number of hydrogen-bond donors (Lipinski definition) is 3. The third-order valence-electron chi connectivity index (χ3n) is 6.82. The predicted molar refractivity (Wildman–Crippen MR) is 137 cm³/mol. The minimum atomic E-state index is -1.98. The standard InChI is InChI=1S/C26H31ClN4O4/c1-5-16-17-8-7-15(27)11-21(17)29-23-18(16)13-31-22(23)12-20(19(14-32)24(31)33)26(35,6-2)25(34)28-9-10-30(3)4/h7-8,11-12,32,35H,5-6,9-10,13-14H2,1-4H3,(H,28,34)/t26-/m0/s1. The van der Waals surface area contributed by atoms with Crippen LogP contribution in [0.1, 0.15) is 42.5 Å². The first-order valence-corrected chi connectivity index (χ1v) is 12.2. The van der Waals surface area contributed by atoms with E-state index in [4.69, 9.17) is 16.6 Å². The first-order valence-electron chi connectivity index (χ1n) is 11.8. The van der Waals surface area contributed by atoms with Gasteiger partial charge in [0.1, 0.15) is 0 Å². The van der Waals surface area contributed by atoms with Gasteiger partial charge in [-0.2, -0.15) is 0 Å². The van der Waals surface area contributed by atoms with Crippen LogP contribution in [0, 0.1) is 0 Å². The van der Waals surface area contributed by atoms with E-state index >= 15 is 0 Å². The lowest BCUT2D eigenvalue weighted by atomic mass is 9.86. The largest absolute Gasteiger partial charge is 0.391 e. The molecule has 1 atom stereocenters. The summed E-state index contributed by atoms with van der Waals surface area (Å²) in [7, 11) is 3.77. The molecule has 3 N–H and O–H groups in total. The lowest BCUT2D eigenvalue weighted by molar-refractivity contribution is -0.141. The van der Waals surface area contributed by atoms with Crippen LogP contribution in [-0.4, -0.2) is 57.8 Å². The van der Waals surface area contributed by atoms with Crippen LogP contribution in [0.4, 0.5) is 0 Å². The monoisotopic (exact) mass is 498 g/mol. The molecule has 0 unspecified atom stereocenters. The minimum Gasteiger partial charge on any atom is -0.391 e. The quantitative estimate of drug-likeness (QED) is 0.344. The number of pyridine rings is 2. The molecule has 1 aliphatic rings. The van der Waals surface area contributed by atoms with Crippen LogP contribution in [0.2, 0.25) is 5.02 Å². The lowest BCUT2D eigenvalue weighted by Gasteiger charge is -2.29. The zero-order valence-electron chi connectivity index (χ0n) is 20.5. The normalized spacial score (nSPS) is 14.2. The van der Waals surface area contributed by atoms with Gasteiger partial charge in [0.2, 0.25) is 0 Å². The number of hydrogen-bond acceptors (Lipinski definition) is 6. The summed E-state index contributed by atoms with van der Waals surface area (Å²) in [5, 5.41) is 26.0. The number of halogens is 1. The first kappa shape index (κ1) is 25.3. The van der Waals surface area contributed by atoms with Gasteiger partial charge in [0.25, 0.3) is 11.5 Å². The Morgan fingerprint density at radius 1 is 1.26 bits per heavy atom. The number of aliphatic hydroxyl groups excluding tert-OH is 1. The van der Waals surface area contributed by atoms with E-state index < -0.39 is 23.7 Å². The van der Waals surface area contributed by atoms with Crippen LogP contribution in [-0.2, 0) is 30.0 Å². The smallest absolute Gasteiger partial charge is 0.257 e. The van der Waals surface area contributed by atoms with Gasteiger partial charge in [0.15, 0.2) is 5.60 Å². The Morgan fingerprint density at radius 2 is 2.00 bits per heavy atom. The number of carbonyl (C=O) groups is 1. The van der Waals surface area contributed by atoms with Crippen molar-refractivity contribution >= 4 is 28.4 Å². The highest BCUT2D eigenvalue weighted by Gasteiger charge is 2.40. The van der Waals surface area contributed by atoms with Crippen LogP contribution in [0.25, 0.3) is 22.3 Å². The lowest BCUT2D eigenvalue weighted by Crippen LogP contribution is -2.47. The molecule has 35 heavy (non-hydrogen) atoms. The average molecular weight is 499 g/mol. The van der Waals surface area contributed by atoms with Crippen molar-refractivity contribution in [2.75, 3.05) is 27.2 Å². The van der Waals surface area contributed by atoms with Crippen LogP contribution in [0.5, 0.6) is 0 Å². The van der Waals surface area contributed by atoms with Gasteiger partial charge in [-0.15, -0.1) is 0 Å². The number of aromatic nitrogens is 2. The molecule has 8 nitrogen and oxygen atoms in total. The summed E-state index contributed by atoms with van der Waals surface area (Å²) in [6.45, 7) is 4.37. The molecule has 0 saturated carbocycles. The molecule has 4 rings (SSSR count). The molecular weight excluding hydrogens is 468 g/mol. The molecule has 9 heteroatoms. The molecule has 2 aromatic heterocycles. The number of benzene rings is 1. The summed E-state index contributed by atoms with van der Waals surface area (Å²) in [6.07, 6.45) is 0.767. The van der Waals surface area contributed by atoms with Crippen molar-refractivity contribution < 1.29 is 15.0 Å². The molecule has 3 aromatic rings. The van der Waals surface area contributed by atoms with Crippen molar-refractivity contribution in [2.24, 2.45) is 0 Å². The van der Waals surface area contributed by atoms with E-state index in [0.29, 0.717) is 41.6 Å². The van der Waals surface area contributed by atoms with E-state index in [-0.39, 0.29) is 17.5 Å². The Bertz CT molecular complexity index is 1370. The number of fused-ring (bicyclic) bond motifs is 4. The minimum absolute atomic E-state index is 0.0133. The maximum Gasteiger partial charge on any atom is 0.257 e. The van der Waals surface area contributed by atoms with Gasteiger partial charge in [0.05, 0.1) is 30.1 Å². The molecule has 0 fully saturated rings. The highest BCUT2D eigenvalue weighted by Crippen LogP contribution is 2.39. The van der Waals surface area contributed by atoms with Gasteiger partial charge in [0, 0.05) is 40.2 Å². The third-order valence-corrected chi connectivity index (χ3v) is 7.05. The molecule has 3 heterocycles. The summed E-state index contributed by atoms with van der Waals surface area (Å²) in [4.78, 5) is 33.4. The number of aryl methyl sites for hydroxylation is 1. The molecule has 1 aliphatic heterocycles. The second-order valence-corrected chi connectivity index (χ2v) is 9.61. The van der Waals surface area contributed by atoms with E-state index in [1.54, 1.807) is 23.6 Å². The Kier molecular flexibility index (Phi) is 7.02. The van der Waals surface area contributed by atoms with Gasteiger partial charge in [-0.05, 0) is 50.7 Å². The zero-order valence-corrected chi connectivity index (χ0v) is 21.2. The number of aliphatic hydroxyl groups is 2. The molecule has 186 valence electrons. The summed E-state index contributed by atoms with van der Waals surface area (Å²) in [5.74, 6) is -0.605. The van der Waals surface area contributed by atoms with Crippen molar-refractivity contribution in [3.05, 3.63) is 61.9 Å². The zero-order chi connectivity index (χ0) is 25.5. The van der Waals surface area contributed by atoms with Crippen molar-refractivity contribution in [2.45, 2.75) is 45.4 Å². The number of rotatable bonds is 8. The molecule has 0 bridgehead atoms. The fourth-order valence-electron chi connectivity index (χ4n) is 4.87. The topological polar surface area (TPSA) is 108 Å². The van der Waals surface area contributed by atoms with E-state index in [2.05, 4.69) is 5.32 Å². The molecular formula is C26H31ClN4O4. The summed E-state index contributed by atoms with van der Waals surface area (Å²) < 4.78 is 1.56. The van der Waals surface area contributed by atoms with Gasteiger partial charge < -0.3 is 25.0 Å². The average Bonchev–Trinajstić information content (AvgIpc) is 3.20. The first-order chi connectivity index (χ1) is 16.7. The van der Waals surface area contributed by atoms with Crippen LogP contribution < -0.4 is 10.9 Å². The molecule has 0 spiro atoms. The Hall–Kier alpha value is -2.78. The number of likely N-dealkylation sites (N-methyl/N-ethyl adjacent to an activating group) is 1. The van der Waals surface area contributed by atoms with Gasteiger partial charge in [-0.25, -0.2) is 4.98 Å². The maximum absolute atomic E-state index is 13.5. The summed E-state index contributed by atoms with van der Waals surface area (Å²) >= 11 is 6.23. The molecule has 0 radical (unpaired) electrons. The third kappa shape index (κ3) is 4.25. The molecule has 0 aliphatic carbocycles. The molecule has 0 saturated heterocycles. The highest BCUT2D eigenvalue weighted by atomic mass is 35.5. The SMILES string of the molecule is CCc1c2c(nc3cc(Cl)ccc13)-c1cc([C@@](O)(CC)C(=O)NCCN(C)C)c(CO)c(=O)n1C2. The number of nitrogens with zero attached hydrogens (tertiary/aromatic N) is 3. The number of nitrogens with one attached hydrogen (secondary N) is 1. The van der Waals surface area contributed by atoms with Gasteiger partial charge >= 0.3 is 0 Å². The van der Waals surface area contributed by atoms with E-state index in [1.165, 1.54) is 0 Å². The van der Waals surface area contributed by atoms with Crippen LogP contribution in [0.15, 0.2) is 29.1 Å².